The lowest BCUT2D eigenvalue weighted by atomic mass is 10.6. The van der Waals surface area contributed by atoms with E-state index in [-0.39, 0.29) is 0 Å². The molecule has 0 aromatic carbocycles. The van der Waals surface area contributed by atoms with Gasteiger partial charge < -0.3 is 18.9 Å². The summed E-state index contributed by atoms with van der Waals surface area (Å²) >= 11 is 0. The Bertz CT molecular complexity index is 159. The zero-order valence-electron chi connectivity index (χ0n) is 9.66. The Morgan fingerprint density at radius 3 is 2.40 bits per heavy atom. The van der Waals surface area contributed by atoms with Crippen LogP contribution in [0.2, 0.25) is 0 Å². The van der Waals surface area contributed by atoms with Crippen molar-refractivity contribution in [3.63, 3.8) is 0 Å². The highest BCUT2D eigenvalue weighted by Gasteiger charge is 1.99. The molecule has 0 aliphatic heterocycles. The molecule has 0 aliphatic carbocycles. The number of ether oxygens (including phenoxy) is 4. The second-order valence-corrected chi connectivity index (χ2v) is 2.92. The molecule has 0 aromatic heterocycles. The largest absolute Gasteiger partial charge is 0.496 e. The Labute approximate surface area is 92.2 Å². The quantitative estimate of drug-likeness (QED) is 0.317. The fourth-order valence-electron chi connectivity index (χ4n) is 0.849. The first-order valence-corrected chi connectivity index (χ1v) is 5.09. The molecule has 0 N–H and O–H groups in total. The maximum atomic E-state index is 5.24. The lowest BCUT2D eigenvalue weighted by molar-refractivity contribution is -0.121. The zero-order chi connectivity index (χ0) is 11.5. The molecule has 0 rings (SSSR count). The summed E-state index contributed by atoms with van der Waals surface area (Å²) in [6.45, 7) is 13.6. The van der Waals surface area contributed by atoms with Gasteiger partial charge in [0.2, 0.25) is 0 Å². The van der Waals surface area contributed by atoms with Crippen LogP contribution in [0, 0.1) is 6.92 Å². The van der Waals surface area contributed by atoms with Gasteiger partial charge in [0.25, 0.3) is 0 Å². The van der Waals surface area contributed by atoms with Crippen LogP contribution in [0.3, 0.4) is 0 Å². The van der Waals surface area contributed by atoms with E-state index in [4.69, 9.17) is 18.9 Å². The fraction of sp³-hybridized carbons (Fsp3) is 0.727. The molecule has 0 aliphatic rings. The standard InChI is InChI=1S/C11H21O4/c1-5-13-11(4)15-9-7-12-6-8-14-10(2)3/h11H,2,4-9H2,1,3H3. The van der Waals surface area contributed by atoms with E-state index < -0.39 is 6.29 Å². The van der Waals surface area contributed by atoms with E-state index in [9.17, 15) is 0 Å². The maximum absolute atomic E-state index is 5.24. The van der Waals surface area contributed by atoms with Crippen molar-refractivity contribution in [2.45, 2.75) is 20.1 Å². The van der Waals surface area contributed by atoms with Crippen molar-refractivity contribution in [1.82, 2.24) is 0 Å². The van der Waals surface area contributed by atoms with E-state index in [0.717, 1.165) is 0 Å². The number of hydrogen-bond donors (Lipinski definition) is 0. The lowest BCUT2D eigenvalue weighted by Crippen LogP contribution is -2.17. The molecule has 0 saturated carbocycles. The summed E-state index contributed by atoms with van der Waals surface area (Å²) in [7, 11) is 0. The Kier molecular flexibility index (Phi) is 9.57. The summed E-state index contributed by atoms with van der Waals surface area (Å²) in [5.74, 6) is 0.698. The second kappa shape index (κ2) is 9.96. The first-order chi connectivity index (χ1) is 7.16. The van der Waals surface area contributed by atoms with Crippen LogP contribution < -0.4 is 0 Å². The van der Waals surface area contributed by atoms with Crippen LogP contribution in [0.25, 0.3) is 0 Å². The molecule has 89 valence electrons. The normalized spacial score (nSPS) is 12.5. The molecule has 1 unspecified atom stereocenters. The molecule has 0 spiro atoms. The maximum Gasteiger partial charge on any atom is 0.157 e. The lowest BCUT2D eigenvalue weighted by Gasteiger charge is -2.12. The van der Waals surface area contributed by atoms with E-state index in [0.29, 0.717) is 38.8 Å². The molecule has 4 nitrogen and oxygen atoms in total. The molecular formula is C11H21O4. The van der Waals surface area contributed by atoms with Crippen molar-refractivity contribution in [1.29, 1.82) is 0 Å². The van der Waals surface area contributed by atoms with Crippen molar-refractivity contribution in [3.8, 4) is 0 Å². The van der Waals surface area contributed by atoms with Crippen LogP contribution in [0.4, 0.5) is 0 Å². The highest BCUT2D eigenvalue weighted by atomic mass is 16.7. The van der Waals surface area contributed by atoms with Gasteiger partial charge in [-0.05, 0) is 13.8 Å². The fourth-order valence-corrected chi connectivity index (χ4v) is 0.849. The Balaban J connectivity index is 3.07. The molecular weight excluding hydrogens is 196 g/mol. The number of allylic oxidation sites excluding steroid dienone is 1. The van der Waals surface area contributed by atoms with Crippen LogP contribution in [0.1, 0.15) is 13.8 Å². The predicted octanol–water partition coefficient (Wildman–Crippen LogP) is 1.77. The summed E-state index contributed by atoms with van der Waals surface area (Å²) in [4.78, 5) is 0. The van der Waals surface area contributed by atoms with Gasteiger partial charge in [-0.3, -0.25) is 0 Å². The van der Waals surface area contributed by atoms with Crippen molar-refractivity contribution < 1.29 is 18.9 Å². The minimum Gasteiger partial charge on any atom is -0.496 e. The first-order valence-electron chi connectivity index (χ1n) is 5.09. The Morgan fingerprint density at radius 2 is 1.80 bits per heavy atom. The molecule has 1 atom stereocenters. The van der Waals surface area contributed by atoms with Gasteiger partial charge in [0.15, 0.2) is 6.29 Å². The van der Waals surface area contributed by atoms with Gasteiger partial charge in [0.1, 0.15) is 6.61 Å². The minimum atomic E-state index is -0.412. The molecule has 0 amide bonds. The third-order valence-electron chi connectivity index (χ3n) is 1.46. The molecule has 0 aromatic rings. The van der Waals surface area contributed by atoms with Gasteiger partial charge in [-0.1, -0.05) is 6.58 Å². The van der Waals surface area contributed by atoms with E-state index in [1.54, 1.807) is 6.92 Å². The average Bonchev–Trinajstić information content (AvgIpc) is 2.16. The molecule has 0 bridgehead atoms. The first kappa shape index (κ1) is 14.4. The predicted molar refractivity (Wildman–Crippen MR) is 58.3 cm³/mol. The molecule has 4 heteroatoms. The molecule has 0 saturated heterocycles. The Morgan fingerprint density at radius 1 is 1.13 bits per heavy atom. The third kappa shape index (κ3) is 11.3. The third-order valence-corrected chi connectivity index (χ3v) is 1.46. The van der Waals surface area contributed by atoms with Crippen LogP contribution in [-0.4, -0.2) is 39.3 Å². The summed E-state index contributed by atoms with van der Waals surface area (Å²) in [5.41, 5.74) is 0. The minimum absolute atomic E-state index is 0.412. The zero-order valence-corrected chi connectivity index (χ0v) is 9.66. The topological polar surface area (TPSA) is 36.9 Å². The van der Waals surface area contributed by atoms with Crippen LogP contribution in [-0.2, 0) is 18.9 Å². The van der Waals surface area contributed by atoms with Crippen LogP contribution in [0.15, 0.2) is 12.3 Å². The summed E-state index contributed by atoms with van der Waals surface area (Å²) in [6.07, 6.45) is -0.412. The second-order valence-electron chi connectivity index (χ2n) is 2.92. The van der Waals surface area contributed by atoms with E-state index >= 15 is 0 Å². The summed E-state index contributed by atoms with van der Waals surface area (Å²) in [5, 5.41) is 0. The highest BCUT2D eigenvalue weighted by Crippen LogP contribution is 1.93. The molecule has 0 heterocycles. The van der Waals surface area contributed by atoms with E-state index in [1.165, 1.54) is 0 Å². The van der Waals surface area contributed by atoms with Crippen molar-refractivity contribution >= 4 is 0 Å². The van der Waals surface area contributed by atoms with Gasteiger partial charge in [0, 0.05) is 13.5 Å². The summed E-state index contributed by atoms with van der Waals surface area (Å²) in [6, 6.07) is 0. The van der Waals surface area contributed by atoms with Gasteiger partial charge in [0.05, 0.1) is 25.6 Å². The molecule has 1 radical (unpaired) electrons. The number of rotatable bonds is 10. The van der Waals surface area contributed by atoms with Gasteiger partial charge >= 0.3 is 0 Å². The smallest absolute Gasteiger partial charge is 0.157 e. The molecule has 15 heavy (non-hydrogen) atoms. The van der Waals surface area contributed by atoms with Gasteiger partial charge in [-0.25, -0.2) is 0 Å². The average molecular weight is 217 g/mol. The van der Waals surface area contributed by atoms with Crippen molar-refractivity contribution in [2.75, 3.05) is 33.0 Å². The molecule has 0 fully saturated rings. The van der Waals surface area contributed by atoms with E-state index in [1.807, 2.05) is 6.92 Å². The van der Waals surface area contributed by atoms with Gasteiger partial charge in [-0.2, -0.15) is 0 Å². The van der Waals surface area contributed by atoms with Crippen LogP contribution in [0.5, 0.6) is 0 Å². The SMILES string of the molecule is [CH2]C(OCC)OCCOCCOC(=C)C. The van der Waals surface area contributed by atoms with Crippen molar-refractivity contribution in [3.05, 3.63) is 19.3 Å². The Hall–Kier alpha value is -0.580. The van der Waals surface area contributed by atoms with Crippen molar-refractivity contribution in [2.24, 2.45) is 0 Å². The monoisotopic (exact) mass is 217 g/mol. The summed E-state index contributed by atoms with van der Waals surface area (Å²) < 4.78 is 20.6. The van der Waals surface area contributed by atoms with Crippen LogP contribution >= 0.6 is 0 Å². The van der Waals surface area contributed by atoms with Gasteiger partial charge in [-0.15, -0.1) is 0 Å². The highest BCUT2D eigenvalue weighted by molar-refractivity contribution is 4.72. The van der Waals surface area contributed by atoms with E-state index in [2.05, 4.69) is 13.5 Å². The number of hydrogen-bond acceptors (Lipinski definition) is 4.